The third kappa shape index (κ3) is 3.07. The number of aromatic nitrogens is 3. The maximum Gasteiger partial charge on any atom is 0.196 e. The molecule has 0 atom stereocenters. The monoisotopic (exact) mass is 343 g/mol. The number of ether oxygens (including phenoxy) is 1. The summed E-state index contributed by atoms with van der Waals surface area (Å²) >= 11 is 0. The van der Waals surface area contributed by atoms with Crippen LogP contribution in [0.1, 0.15) is 21.5 Å². The van der Waals surface area contributed by atoms with Crippen LogP contribution >= 0.6 is 0 Å². The number of hydrogen-bond donors (Lipinski definition) is 0. The quantitative estimate of drug-likeness (QED) is 0.514. The number of nitrogens with zero attached hydrogens (tertiary/aromatic N) is 3. The van der Waals surface area contributed by atoms with Crippen LogP contribution in [0.3, 0.4) is 0 Å². The first kappa shape index (κ1) is 16.0. The number of carbonyl (C=O) groups is 1. The molecule has 0 bridgehead atoms. The van der Waals surface area contributed by atoms with E-state index in [1.807, 2.05) is 67.6 Å². The average molecular weight is 343 g/mol. The molecule has 26 heavy (non-hydrogen) atoms. The number of ketones is 1. The van der Waals surface area contributed by atoms with Crippen molar-refractivity contribution in [2.75, 3.05) is 0 Å². The molecule has 1 heterocycles. The molecule has 0 radical (unpaired) electrons. The minimum absolute atomic E-state index is 0.0623. The van der Waals surface area contributed by atoms with Crippen molar-refractivity contribution in [3.05, 3.63) is 89.5 Å². The predicted molar refractivity (Wildman–Crippen MR) is 99.2 cm³/mol. The van der Waals surface area contributed by atoms with Gasteiger partial charge >= 0.3 is 0 Å². The van der Waals surface area contributed by atoms with Crippen LogP contribution in [0.2, 0.25) is 0 Å². The number of fused-ring (bicyclic) bond motifs is 1. The number of aryl methyl sites for hydroxylation is 1. The molecule has 0 saturated heterocycles. The molecule has 4 rings (SSSR count). The summed E-state index contributed by atoms with van der Waals surface area (Å²) in [5.74, 6) is 0.469. The summed E-state index contributed by atoms with van der Waals surface area (Å²) in [6, 6.07) is 22.5. The highest BCUT2D eigenvalue weighted by Gasteiger charge is 2.15. The summed E-state index contributed by atoms with van der Waals surface area (Å²) in [5, 5.41) is 8.23. The zero-order chi connectivity index (χ0) is 17.9. The van der Waals surface area contributed by atoms with Crippen LogP contribution in [0.5, 0.6) is 5.75 Å². The van der Waals surface area contributed by atoms with Gasteiger partial charge in [-0.2, -0.15) is 0 Å². The molecule has 0 unspecified atom stereocenters. The fourth-order valence-electron chi connectivity index (χ4n) is 2.84. The van der Waals surface area contributed by atoms with E-state index in [-0.39, 0.29) is 12.5 Å². The molecule has 5 heteroatoms. The Hall–Kier alpha value is -3.47. The Kier molecular flexibility index (Phi) is 4.19. The molecule has 0 saturated carbocycles. The van der Waals surface area contributed by atoms with E-state index in [1.54, 1.807) is 16.8 Å². The van der Waals surface area contributed by atoms with Crippen LogP contribution < -0.4 is 4.74 Å². The van der Waals surface area contributed by atoms with Crippen LogP contribution in [0.4, 0.5) is 0 Å². The fourth-order valence-corrected chi connectivity index (χ4v) is 2.84. The lowest BCUT2D eigenvalue weighted by atomic mass is 10.0. The molecule has 0 aliphatic rings. The van der Waals surface area contributed by atoms with E-state index in [0.717, 1.165) is 16.6 Å². The van der Waals surface area contributed by atoms with Crippen molar-refractivity contribution < 1.29 is 9.53 Å². The number of benzene rings is 3. The Morgan fingerprint density at radius 2 is 1.77 bits per heavy atom. The highest BCUT2D eigenvalue weighted by Crippen LogP contribution is 2.24. The van der Waals surface area contributed by atoms with Crippen molar-refractivity contribution in [2.24, 2.45) is 0 Å². The van der Waals surface area contributed by atoms with E-state index in [1.165, 1.54) is 0 Å². The molecule has 128 valence electrons. The Morgan fingerprint density at radius 1 is 1.00 bits per heavy atom. The van der Waals surface area contributed by atoms with Crippen LogP contribution in [0.25, 0.3) is 11.0 Å². The van der Waals surface area contributed by atoms with Crippen molar-refractivity contribution in [2.45, 2.75) is 13.7 Å². The molecule has 0 aliphatic carbocycles. The Balaban J connectivity index is 1.64. The number of rotatable bonds is 5. The van der Waals surface area contributed by atoms with Gasteiger partial charge < -0.3 is 4.74 Å². The minimum atomic E-state index is -0.0623. The van der Waals surface area contributed by atoms with Gasteiger partial charge in [-0.15, -0.1) is 5.10 Å². The predicted octanol–water partition coefficient (Wildman–Crippen LogP) is 4.01. The maximum atomic E-state index is 12.9. The highest BCUT2D eigenvalue weighted by molar-refractivity contribution is 6.10. The molecule has 1 aromatic heterocycles. The molecule has 4 aromatic rings. The van der Waals surface area contributed by atoms with Gasteiger partial charge in [-0.05, 0) is 31.2 Å². The van der Waals surface area contributed by atoms with Gasteiger partial charge in [-0.25, -0.2) is 4.68 Å². The topological polar surface area (TPSA) is 57.0 Å². The molecule has 0 spiro atoms. The summed E-state index contributed by atoms with van der Waals surface area (Å²) in [5.41, 5.74) is 3.87. The van der Waals surface area contributed by atoms with Gasteiger partial charge in [-0.1, -0.05) is 59.3 Å². The summed E-state index contributed by atoms with van der Waals surface area (Å²) in [4.78, 5) is 12.9. The second-order valence-electron chi connectivity index (χ2n) is 6.05. The van der Waals surface area contributed by atoms with Crippen molar-refractivity contribution in [3.8, 4) is 5.75 Å². The SMILES string of the molecule is Cc1ccc(OCn2nnc3ccccc32)c(C(=O)c2ccccc2)c1. The Labute approximate surface area is 150 Å². The highest BCUT2D eigenvalue weighted by atomic mass is 16.5. The van der Waals surface area contributed by atoms with Crippen molar-refractivity contribution >= 4 is 16.8 Å². The standard InChI is InChI=1S/C21H17N3O2/c1-15-11-12-20(17(13-15)21(25)16-7-3-2-4-8-16)26-14-24-19-10-6-5-9-18(19)22-23-24/h2-13H,14H2,1H3. The van der Waals surface area contributed by atoms with Gasteiger partial charge in [0.2, 0.25) is 0 Å². The summed E-state index contributed by atoms with van der Waals surface area (Å²) in [6.45, 7) is 2.13. The first-order valence-corrected chi connectivity index (χ1v) is 8.34. The lowest BCUT2D eigenvalue weighted by Crippen LogP contribution is -2.10. The molecule has 0 amide bonds. The maximum absolute atomic E-state index is 12.9. The number of carbonyl (C=O) groups excluding carboxylic acids is 1. The summed E-state index contributed by atoms with van der Waals surface area (Å²) < 4.78 is 7.60. The van der Waals surface area contributed by atoms with E-state index in [9.17, 15) is 4.79 Å². The molecule has 5 nitrogen and oxygen atoms in total. The van der Waals surface area contributed by atoms with Gasteiger partial charge in [0.05, 0.1) is 11.1 Å². The lowest BCUT2D eigenvalue weighted by Gasteiger charge is -2.12. The average Bonchev–Trinajstić information content (AvgIpc) is 3.10. The molecule has 3 aromatic carbocycles. The molecule has 0 N–H and O–H groups in total. The summed E-state index contributed by atoms with van der Waals surface area (Å²) in [6.07, 6.45) is 0. The van der Waals surface area contributed by atoms with Gasteiger partial charge in [0.1, 0.15) is 11.3 Å². The van der Waals surface area contributed by atoms with Crippen LogP contribution in [-0.4, -0.2) is 20.8 Å². The number of para-hydroxylation sites is 1. The van der Waals surface area contributed by atoms with Crippen LogP contribution in [0.15, 0.2) is 72.8 Å². The number of hydrogen-bond acceptors (Lipinski definition) is 4. The third-order valence-electron chi connectivity index (χ3n) is 4.18. The second-order valence-corrected chi connectivity index (χ2v) is 6.05. The first-order valence-electron chi connectivity index (χ1n) is 8.34. The van der Waals surface area contributed by atoms with E-state index in [4.69, 9.17) is 4.74 Å². The third-order valence-corrected chi connectivity index (χ3v) is 4.18. The van der Waals surface area contributed by atoms with E-state index >= 15 is 0 Å². The van der Waals surface area contributed by atoms with E-state index < -0.39 is 0 Å². The van der Waals surface area contributed by atoms with Crippen molar-refractivity contribution in [3.63, 3.8) is 0 Å². The minimum Gasteiger partial charge on any atom is -0.470 e. The molecular formula is C21H17N3O2. The molecule has 0 aliphatic heterocycles. The van der Waals surface area contributed by atoms with Crippen molar-refractivity contribution in [1.29, 1.82) is 0 Å². The molecule has 0 fully saturated rings. The van der Waals surface area contributed by atoms with Gasteiger partial charge in [-0.3, -0.25) is 4.79 Å². The normalized spacial score (nSPS) is 10.8. The van der Waals surface area contributed by atoms with Crippen molar-refractivity contribution in [1.82, 2.24) is 15.0 Å². The largest absolute Gasteiger partial charge is 0.470 e. The van der Waals surface area contributed by atoms with E-state index in [2.05, 4.69) is 10.3 Å². The van der Waals surface area contributed by atoms with Crippen LogP contribution in [0, 0.1) is 6.92 Å². The smallest absolute Gasteiger partial charge is 0.196 e. The van der Waals surface area contributed by atoms with Gasteiger partial charge in [0.15, 0.2) is 12.5 Å². The zero-order valence-electron chi connectivity index (χ0n) is 14.3. The van der Waals surface area contributed by atoms with E-state index in [0.29, 0.717) is 16.9 Å². The van der Waals surface area contributed by atoms with Gasteiger partial charge in [0.25, 0.3) is 0 Å². The Bertz CT molecular complexity index is 1070. The van der Waals surface area contributed by atoms with Gasteiger partial charge in [0, 0.05) is 5.56 Å². The molecular weight excluding hydrogens is 326 g/mol. The zero-order valence-corrected chi connectivity index (χ0v) is 14.3. The van der Waals surface area contributed by atoms with Crippen LogP contribution in [-0.2, 0) is 6.73 Å². The second kappa shape index (κ2) is 6.80. The first-order chi connectivity index (χ1) is 12.7. The summed E-state index contributed by atoms with van der Waals surface area (Å²) in [7, 11) is 0. The Morgan fingerprint density at radius 3 is 2.62 bits per heavy atom. The lowest BCUT2D eigenvalue weighted by molar-refractivity contribution is 0.103. The fraction of sp³-hybridized carbons (Fsp3) is 0.0952.